The molecule has 1 aromatic heterocycles. The minimum atomic E-state index is 0.0452. The Balaban J connectivity index is 2.03. The average molecular weight is 228 g/mol. The van der Waals surface area contributed by atoms with E-state index in [1.54, 1.807) is 0 Å². The fraction of sp³-hybridized carbons (Fsp3) is 0.357. The highest BCUT2D eigenvalue weighted by Gasteiger charge is 2.25. The van der Waals surface area contributed by atoms with E-state index in [-0.39, 0.29) is 5.91 Å². The van der Waals surface area contributed by atoms with Crippen LogP contribution in [0.25, 0.3) is 10.9 Å². The second kappa shape index (κ2) is 3.62. The van der Waals surface area contributed by atoms with Crippen molar-refractivity contribution >= 4 is 16.8 Å². The molecule has 0 aliphatic heterocycles. The summed E-state index contributed by atoms with van der Waals surface area (Å²) in [6.07, 6.45) is 2.24. The number of aryl methyl sites for hydroxylation is 2. The molecule has 3 nitrogen and oxygen atoms in total. The summed E-state index contributed by atoms with van der Waals surface area (Å²) in [6, 6.07) is 8.63. The third-order valence-corrected chi connectivity index (χ3v) is 3.35. The van der Waals surface area contributed by atoms with Crippen LogP contribution in [0.4, 0.5) is 0 Å². The van der Waals surface area contributed by atoms with Gasteiger partial charge < -0.3 is 9.88 Å². The molecule has 88 valence electrons. The van der Waals surface area contributed by atoms with Crippen LogP contribution in [0, 0.1) is 6.92 Å². The van der Waals surface area contributed by atoms with Crippen LogP contribution in [-0.2, 0) is 7.05 Å². The van der Waals surface area contributed by atoms with Gasteiger partial charge >= 0.3 is 0 Å². The highest BCUT2D eigenvalue weighted by Crippen LogP contribution is 2.22. The Morgan fingerprint density at radius 1 is 1.35 bits per heavy atom. The Kier molecular flexibility index (Phi) is 2.21. The van der Waals surface area contributed by atoms with E-state index in [9.17, 15) is 4.79 Å². The van der Waals surface area contributed by atoms with Gasteiger partial charge in [0.1, 0.15) is 5.69 Å². The van der Waals surface area contributed by atoms with Crippen LogP contribution in [0.5, 0.6) is 0 Å². The van der Waals surface area contributed by atoms with Crippen LogP contribution in [0.2, 0.25) is 0 Å². The quantitative estimate of drug-likeness (QED) is 0.841. The lowest BCUT2D eigenvalue weighted by Crippen LogP contribution is -2.27. The van der Waals surface area contributed by atoms with E-state index in [1.807, 2.05) is 17.7 Å². The van der Waals surface area contributed by atoms with E-state index >= 15 is 0 Å². The van der Waals surface area contributed by atoms with Gasteiger partial charge in [0.15, 0.2) is 0 Å². The van der Waals surface area contributed by atoms with Gasteiger partial charge in [0.2, 0.25) is 0 Å². The molecule has 0 saturated heterocycles. The fourth-order valence-electron chi connectivity index (χ4n) is 2.14. The van der Waals surface area contributed by atoms with Crippen molar-refractivity contribution < 1.29 is 4.79 Å². The zero-order chi connectivity index (χ0) is 12.0. The lowest BCUT2D eigenvalue weighted by atomic mass is 10.2. The van der Waals surface area contributed by atoms with Gasteiger partial charge in [0.05, 0.1) is 0 Å². The third-order valence-electron chi connectivity index (χ3n) is 3.35. The highest BCUT2D eigenvalue weighted by atomic mass is 16.2. The molecule has 0 radical (unpaired) electrons. The Bertz CT molecular complexity index is 594. The smallest absolute Gasteiger partial charge is 0.268 e. The van der Waals surface area contributed by atoms with Gasteiger partial charge in [-0.3, -0.25) is 4.79 Å². The minimum absolute atomic E-state index is 0.0452. The van der Waals surface area contributed by atoms with Crippen molar-refractivity contribution in [2.75, 3.05) is 0 Å². The molecule has 0 unspecified atom stereocenters. The molecular formula is C14H16N2O. The molecule has 0 bridgehead atoms. The number of hydrogen-bond donors (Lipinski definition) is 1. The van der Waals surface area contributed by atoms with Crippen LogP contribution in [0.15, 0.2) is 24.3 Å². The summed E-state index contributed by atoms with van der Waals surface area (Å²) >= 11 is 0. The summed E-state index contributed by atoms with van der Waals surface area (Å²) in [5.41, 5.74) is 3.08. The summed E-state index contributed by atoms with van der Waals surface area (Å²) in [6.45, 7) is 2.07. The van der Waals surface area contributed by atoms with Crippen LogP contribution < -0.4 is 5.32 Å². The third kappa shape index (κ3) is 1.82. The first-order valence-corrected chi connectivity index (χ1v) is 6.02. The minimum Gasteiger partial charge on any atom is -0.348 e. The predicted molar refractivity (Wildman–Crippen MR) is 68.1 cm³/mol. The molecule has 17 heavy (non-hydrogen) atoms. The van der Waals surface area contributed by atoms with E-state index < -0.39 is 0 Å². The number of nitrogens with one attached hydrogen (secondary N) is 1. The summed E-state index contributed by atoms with van der Waals surface area (Å²) in [5, 5.41) is 4.15. The molecular weight excluding hydrogens is 212 g/mol. The first-order chi connectivity index (χ1) is 8.15. The second-order valence-corrected chi connectivity index (χ2v) is 4.90. The number of rotatable bonds is 2. The number of amides is 1. The lowest BCUT2D eigenvalue weighted by Gasteiger charge is -2.05. The molecule has 1 aliphatic carbocycles. The van der Waals surface area contributed by atoms with E-state index in [4.69, 9.17) is 0 Å². The molecule has 0 atom stereocenters. The zero-order valence-corrected chi connectivity index (χ0v) is 10.2. The second-order valence-electron chi connectivity index (χ2n) is 4.90. The molecule has 1 aliphatic rings. The maximum atomic E-state index is 12.0. The predicted octanol–water partition coefficient (Wildman–Crippen LogP) is 2.38. The van der Waals surface area contributed by atoms with E-state index in [1.165, 1.54) is 5.56 Å². The first-order valence-electron chi connectivity index (χ1n) is 6.02. The van der Waals surface area contributed by atoms with E-state index in [2.05, 4.69) is 30.4 Å². The van der Waals surface area contributed by atoms with Gasteiger partial charge in [0.25, 0.3) is 5.91 Å². The maximum Gasteiger partial charge on any atom is 0.268 e. The molecule has 1 heterocycles. The van der Waals surface area contributed by atoms with Crippen LogP contribution >= 0.6 is 0 Å². The molecule has 1 fully saturated rings. The van der Waals surface area contributed by atoms with Crippen LogP contribution in [0.3, 0.4) is 0 Å². The first kappa shape index (κ1) is 10.4. The van der Waals surface area contributed by atoms with Gasteiger partial charge in [-0.05, 0) is 37.5 Å². The van der Waals surface area contributed by atoms with Crippen molar-refractivity contribution in [3.8, 4) is 0 Å². The van der Waals surface area contributed by atoms with Crippen molar-refractivity contribution in [2.24, 2.45) is 7.05 Å². The number of benzene rings is 1. The standard InChI is InChI=1S/C14H16N2O/c1-9-3-4-10-8-13(16(2)12(10)7-9)14(17)15-11-5-6-11/h3-4,7-8,11H,5-6H2,1-2H3,(H,15,17). The average Bonchev–Trinajstić information content (AvgIpc) is 3.04. The molecule has 3 rings (SSSR count). The Morgan fingerprint density at radius 2 is 2.12 bits per heavy atom. The molecule has 3 heteroatoms. The van der Waals surface area contributed by atoms with Gasteiger partial charge in [-0.1, -0.05) is 12.1 Å². The lowest BCUT2D eigenvalue weighted by molar-refractivity contribution is 0.0943. The normalized spacial score (nSPS) is 15.2. The molecule has 1 saturated carbocycles. The number of fused-ring (bicyclic) bond motifs is 1. The van der Waals surface area contributed by atoms with Gasteiger partial charge in [-0.15, -0.1) is 0 Å². The van der Waals surface area contributed by atoms with Crippen LogP contribution in [-0.4, -0.2) is 16.5 Å². The maximum absolute atomic E-state index is 12.0. The van der Waals surface area contributed by atoms with Crippen molar-refractivity contribution in [3.63, 3.8) is 0 Å². The van der Waals surface area contributed by atoms with Gasteiger partial charge in [0, 0.05) is 24.0 Å². The number of aromatic nitrogens is 1. The summed E-state index contributed by atoms with van der Waals surface area (Å²) in [7, 11) is 1.95. The Labute approximate surface area is 100 Å². The highest BCUT2D eigenvalue weighted by molar-refractivity contribution is 5.99. The fourth-order valence-corrected chi connectivity index (χ4v) is 2.14. The number of carbonyl (C=O) groups excluding carboxylic acids is 1. The van der Waals surface area contributed by atoms with Gasteiger partial charge in [-0.25, -0.2) is 0 Å². The summed E-state index contributed by atoms with van der Waals surface area (Å²) in [5.74, 6) is 0.0452. The van der Waals surface area contributed by atoms with Crippen molar-refractivity contribution in [1.82, 2.24) is 9.88 Å². The SMILES string of the molecule is Cc1ccc2cc(C(=O)NC3CC3)n(C)c2c1. The van der Waals surface area contributed by atoms with Crippen molar-refractivity contribution in [1.29, 1.82) is 0 Å². The van der Waals surface area contributed by atoms with Gasteiger partial charge in [-0.2, -0.15) is 0 Å². The van der Waals surface area contributed by atoms with E-state index in [0.29, 0.717) is 6.04 Å². The van der Waals surface area contributed by atoms with Crippen LogP contribution in [0.1, 0.15) is 28.9 Å². The molecule has 2 aromatic rings. The molecule has 1 N–H and O–H groups in total. The van der Waals surface area contributed by atoms with Crippen molar-refractivity contribution in [2.45, 2.75) is 25.8 Å². The number of nitrogens with zero attached hydrogens (tertiary/aromatic N) is 1. The largest absolute Gasteiger partial charge is 0.348 e. The topological polar surface area (TPSA) is 34.0 Å². The number of hydrogen-bond acceptors (Lipinski definition) is 1. The Hall–Kier alpha value is -1.77. The number of carbonyl (C=O) groups is 1. The Morgan fingerprint density at radius 3 is 2.82 bits per heavy atom. The van der Waals surface area contributed by atoms with E-state index in [0.717, 1.165) is 29.4 Å². The molecule has 1 amide bonds. The summed E-state index contributed by atoms with van der Waals surface area (Å²) in [4.78, 5) is 12.0. The molecule has 1 aromatic carbocycles. The summed E-state index contributed by atoms with van der Waals surface area (Å²) < 4.78 is 1.97. The monoisotopic (exact) mass is 228 g/mol. The van der Waals surface area contributed by atoms with Crippen molar-refractivity contribution in [3.05, 3.63) is 35.5 Å². The zero-order valence-electron chi connectivity index (χ0n) is 10.2. The molecule has 0 spiro atoms.